The van der Waals surface area contributed by atoms with Gasteiger partial charge in [0.25, 0.3) is 0 Å². The van der Waals surface area contributed by atoms with Crippen molar-refractivity contribution in [3.63, 3.8) is 0 Å². The molecular formula is C14H10Cl3NO2. The third kappa shape index (κ3) is 2.02. The first-order valence-corrected chi connectivity index (χ1v) is 7.00. The van der Waals surface area contributed by atoms with E-state index >= 15 is 0 Å². The lowest BCUT2D eigenvalue weighted by atomic mass is 9.87. The van der Waals surface area contributed by atoms with Crippen LogP contribution in [0.4, 0.5) is 5.69 Å². The van der Waals surface area contributed by atoms with Gasteiger partial charge in [0, 0.05) is 26.9 Å². The molecule has 3 nitrogen and oxygen atoms in total. The average Bonchev–Trinajstić information content (AvgIpc) is 2.71. The summed E-state index contributed by atoms with van der Waals surface area (Å²) in [5.74, 6) is -0.0439. The number of halogens is 3. The Kier molecular flexibility index (Phi) is 3.26. The molecule has 1 unspecified atom stereocenters. The number of hydrogen-bond acceptors (Lipinski definition) is 3. The minimum absolute atomic E-state index is 0.0439. The Balaban J connectivity index is 2.25. The molecule has 3 N–H and O–H groups in total. The van der Waals surface area contributed by atoms with Gasteiger partial charge in [0.2, 0.25) is 0 Å². The van der Waals surface area contributed by atoms with E-state index < -0.39 is 5.60 Å². The number of nitrogens with one attached hydrogen (secondary N) is 1. The zero-order chi connectivity index (χ0) is 14.5. The van der Waals surface area contributed by atoms with E-state index in [9.17, 15) is 10.2 Å². The second-order valence-electron chi connectivity index (χ2n) is 4.69. The van der Waals surface area contributed by atoms with E-state index in [1.165, 1.54) is 12.1 Å². The molecule has 0 saturated carbocycles. The summed E-state index contributed by atoms with van der Waals surface area (Å²) in [5.41, 5.74) is -0.0163. The highest BCUT2D eigenvalue weighted by molar-refractivity contribution is 6.36. The van der Waals surface area contributed by atoms with Crippen LogP contribution in [-0.4, -0.2) is 16.8 Å². The summed E-state index contributed by atoms with van der Waals surface area (Å²) >= 11 is 18.1. The van der Waals surface area contributed by atoms with Gasteiger partial charge in [-0.25, -0.2) is 0 Å². The first kappa shape index (κ1) is 13.8. The van der Waals surface area contributed by atoms with Crippen molar-refractivity contribution < 1.29 is 10.2 Å². The monoisotopic (exact) mass is 329 g/mol. The number of anilines is 1. The van der Waals surface area contributed by atoms with Crippen LogP contribution < -0.4 is 5.32 Å². The van der Waals surface area contributed by atoms with Gasteiger partial charge in [-0.05, 0) is 30.3 Å². The highest BCUT2D eigenvalue weighted by atomic mass is 35.5. The fourth-order valence-electron chi connectivity index (χ4n) is 2.51. The van der Waals surface area contributed by atoms with Crippen molar-refractivity contribution in [2.24, 2.45) is 0 Å². The minimum atomic E-state index is -1.45. The summed E-state index contributed by atoms with van der Waals surface area (Å²) in [7, 11) is 0. The summed E-state index contributed by atoms with van der Waals surface area (Å²) < 4.78 is 0. The maximum absolute atomic E-state index is 11.0. The van der Waals surface area contributed by atoms with Crippen molar-refractivity contribution in [1.29, 1.82) is 0 Å². The normalized spacial score (nSPS) is 20.6. The molecule has 0 bridgehead atoms. The van der Waals surface area contributed by atoms with E-state index in [0.717, 1.165) is 0 Å². The number of aliphatic hydroxyl groups is 1. The fraction of sp³-hybridized carbons (Fsp3) is 0.143. The van der Waals surface area contributed by atoms with Gasteiger partial charge in [-0.1, -0.05) is 34.8 Å². The van der Waals surface area contributed by atoms with E-state index in [1.54, 1.807) is 18.2 Å². The molecule has 0 aromatic heterocycles. The molecular weight excluding hydrogens is 321 g/mol. The Morgan fingerprint density at radius 2 is 1.80 bits per heavy atom. The van der Waals surface area contributed by atoms with Crippen LogP contribution in [0.3, 0.4) is 0 Å². The van der Waals surface area contributed by atoms with Crippen molar-refractivity contribution in [2.45, 2.75) is 5.60 Å². The molecule has 2 aromatic rings. The molecule has 1 atom stereocenters. The third-order valence-corrected chi connectivity index (χ3v) is 4.16. The van der Waals surface area contributed by atoms with Gasteiger partial charge in [-0.15, -0.1) is 0 Å². The largest absolute Gasteiger partial charge is 0.508 e. The second kappa shape index (κ2) is 4.71. The lowest BCUT2D eigenvalue weighted by Gasteiger charge is -2.25. The van der Waals surface area contributed by atoms with Crippen LogP contribution in [0.25, 0.3) is 0 Å². The lowest BCUT2D eigenvalue weighted by molar-refractivity contribution is 0.100. The molecule has 3 rings (SSSR count). The van der Waals surface area contributed by atoms with E-state index in [-0.39, 0.29) is 12.3 Å². The van der Waals surface area contributed by atoms with Crippen LogP contribution in [-0.2, 0) is 5.60 Å². The summed E-state index contributed by atoms with van der Waals surface area (Å²) in [4.78, 5) is 0. The molecule has 0 spiro atoms. The number of benzene rings is 2. The quantitative estimate of drug-likeness (QED) is 0.740. The van der Waals surface area contributed by atoms with Crippen LogP contribution in [0.15, 0.2) is 30.3 Å². The Morgan fingerprint density at radius 3 is 2.55 bits per heavy atom. The Labute approximate surface area is 130 Å². The molecule has 6 heteroatoms. The number of phenols is 1. The summed E-state index contributed by atoms with van der Waals surface area (Å²) in [6, 6.07) is 7.76. The van der Waals surface area contributed by atoms with Crippen LogP contribution in [0, 0.1) is 0 Å². The maximum Gasteiger partial charge on any atom is 0.139 e. The van der Waals surface area contributed by atoms with Crippen molar-refractivity contribution in [3.8, 4) is 5.75 Å². The number of aromatic hydroxyl groups is 1. The van der Waals surface area contributed by atoms with Crippen LogP contribution >= 0.6 is 34.8 Å². The number of fused-ring (bicyclic) bond motifs is 1. The van der Waals surface area contributed by atoms with Crippen LogP contribution in [0.5, 0.6) is 5.75 Å². The lowest BCUT2D eigenvalue weighted by Crippen LogP contribution is -2.29. The molecule has 2 aromatic carbocycles. The van der Waals surface area contributed by atoms with Gasteiger partial charge in [0.15, 0.2) is 0 Å². The van der Waals surface area contributed by atoms with E-state index in [4.69, 9.17) is 34.8 Å². The number of hydrogen-bond donors (Lipinski definition) is 3. The number of β-amino-alcohol motifs (C(OH)–C–C–N with tert-alkyl or cyclic N) is 1. The molecule has 1 heterocycles. The second-order valence-corrected chi connectivity index (χ2v) is 5.97. The standard InChI is InChI=1S/C14H10Cl3NO2/c15-7-1-2-12(19)9(3-7)14(20)6-18-11-5-8(16)4-10(17)13(11)14/h1-5,18-20H,6H2. The smallest absolute Gasteiger partial charge is 0.139 e. The van der Waals surface area contributed by atoms with E-state index in [1.807, 2.05) is 0 Å². The first-order valence-electron chi connectivity index (χ1n) is 5.86. The Bertz CT molecular complexity index is 705. The van der Waals surface area contributed by atoms with Crippen molar-refractivity contribution in [3.05, 3.63) is 56.5 Å². The SMILES string of the molecule is Oc1ccc(Cl)cc1C1(O)CNc2cc(Cl)cc(Cl)c21. The van der Waals surface area contributed by atoms with Gasteiger partial charge in [-0.2, -0.15) is 0 Å². The highest BCUT2D eigenvalue weighted by Gasteiger charge is 2.42. The zero-order valence-electron chi connectivity index (χ0n) is 10.1. The predicted octanol–water partition coefficient (Wildman–Crippen LogP) is 4.01. The number of rotatable bonds is 1. The van der Waals surface area contributed by atoms with Crippen molar-refractivity contribution >= 4 is 40.5 Å². The third-order valence-electron chi connectivity index (χ3n) is 3.41. The molecule has 0 radical (unpaired) electrons. The van der Waals surface area contributed by atoms with E-state index in [0.29, 0.717) is 31.9 Å². The molecule has 104 valence electrons. The highest BCUT2D eigenvalue weighted by Crippen LogP contribution is 2.47. The van der Waals surface area contributed by atoms with Gasteiger partial charge in [-0.3, -0.25) is 0 Å². The predicted molar refractivity (Wildman–Crippen MR) is 81.1 cm³/mol. The van der Waals surface area contributed by atoms with Crippen LogP contribution in [0.1, 0.15) is 11.1 Å². The molecule has 0 fully saturated rings. The van der Waals surface area contributed by atoms with Gasteiger partial charge in [0.1, 0.15) is 11.4 Å². The Morgan fingerprint density at radius 1 is 1.05 bits per heavy atom. The fourth-order valence-corrected chi connectivity index (χ4v) is 3.34. The zero-order valence-corrected chi connectivity index (χ0v) is 12.4. The summed E-state index contributed by atoms with van der Waals surface area (Å²) in [6.45, 7) is 0.177. The maximum atomic E-state index is 11.0. The van der Waals surface area contributed by atoms with Crippen LogP contribution in [0.2, 0.25) is 15.1 Å². The van der Waals surface area contributed by atoms with Crippen molar-refractivity contribution in [2.75, 3.05) is 11.9 Å². The molecule has 0 amide bonds. The summed E-state index contributed by atoms with van der Waals surface area (Å²) in [5, 5.41) is 25.3. The van der Waals surface area contributed by atoms with Gasteiger partial charge in [0.05, 0.1) is 11.6 Å². The molecule has 1 aliphatic heterocycles. The molecule has 0 aliphatic carbocycles. The first-order chi connectivity index (χ1) is 9.41. The minimum Gasteiger partial charge on any atom is -0.508 e. The summed E-state index contributed by atoms with van der Waals surface area (Å²) in [6.07, 6.45) is 0. The topological polar surface area (TPSA) is 52.5 Å². The van der Waals surface area contributed by atoms with Gasteiger partial charge < -0.3 is 15.5 Å². The number of phenolic OH excluding ortho intramolecular Hbond substituents is 1. The molecule has 20 heavy (non-hydrogen) atoms. The van der Waals surface area contributed by atoms with E-state index in [2.05, 4.69) is 5.32 Å². The molecule has 1 aliphatic rings. The van der Waals surface area contributed by atoms with Gasteiger partial charge >= 0.3 is 0 Å². The average molecular weight is 331 g/mol. The molecule has 0 saturated heterocycles. The van der Waals surface area contributed by atoms with Crippen molar-refractivity contribution in [1.82, 2.24) is 0 Å². The Hall–Kier alpha value is -1.13.